The van der Waals surface area contributed by atoms with Gasteiger partial charge in [0.25, 0.3) is 0 Å². The van der Waals surface area contributed by atoms with Crippen molar-refractivity contribution in [1.82, 2.24) is 0 Å². The molecule has 1 unspecified atom stereocenters. The number of hydrogen-bond donors (Lipinski definition) is 5. The van der Waals surface area contributed by atoms with Crippen LogP contribution < -0.4 is 0 Å². The Hall–Kier alpha value is -0.460. The summed E-state index contributed by atoms with van der Waals surface area (Å²) in [5.41, 5.74) is -3.12. The largest absolute Gasteiger partial charge is 0.392 e. The Morgan fingerprint density at radius 3 is 2.24 bits per heavy atom. The van der Waals surface area contributed by atoms with Gasteiger partial charge in [0.15, 0.2) is 0 Å². The zero-order valence-corrected chi connectivity index (χ0v) is 15.4. The average molecular weight is 352 g/mol. The Morgan fingerprint density at radius 2 is 1.60 bits per heavy atom. The van der Waals surface area contributed by atoms with Crippen molar-refractivity contribution in [1.29, 1.82) is 0 Å². The molecule has 25 heavy (non-hydrogen) atoms. The Kier molecular flexibility index (Phi) is 3.49. The second-order valence-electron chi connectivity index (χ2n) is 10.1. The summed E-state index contributed by atoms with van der Waals surface area (Å²) in [4.78, 5) is 0. The number of aliphatic hydroxyl groups excluding tert-OH is 3. The van der Waals surface area contributed by atoms with Crippen LogP contribution in [0.2, 0.25) is 0 Å². The van der Waals surface area contributed by atoms with Crippen LogP contribution >= 0.6 is 0 Å². The highest BCUT2D eigenvalue weighted by molar-refractivity contribution is 5.31. The van der Waals surface area contributed by atoms with Gasteiger partial charge in [0.05, 0.1) is 23.9 Å². The highest BCUT2D eigenvalue weighted by Gasteiger charge is 2.72. The van der Waals surface area contributed by atoms with E-state index in [1.807, 2.05) is 0 Å². The van der Waals surface area contributed by atoms with Gasteiger partial charge in [-0.05, 0) is 44.9 Å². The molecule has 4 fully saturated rings. The summed E-state index contributed by atoms with van der Waals surface area (Å²) in [7, 11) is 0. The summed E-state index contributed by atoms with van der Waals surface area (Å²) >= 11 is 0. The van der Waals surface area contributed by atoms with Crippen LogP contribution in [0.25, 0.3) is 0 Å². The molecule has 0 aromatic rings. The van der Waals surface area contributed by atoms with Crippen LogP contribution in [0.4, 0.5) is 0 Å². The molecule has 142 valence electrons. The molecule has 0 saturated heterocycles. The molecule has 9 atom stereocenters. The fourth-order valence-corrected chi connectivity index (χ4v) is 7.23. The molecule has 0 radical (unpaired) electrons. The molecule has 4 rings (SSSR count). The topological polar surface area (TPSA) is 101 Å². The third-order valence-corrected chi connectivity index (χ3v) is 8.75. The van der Waals surface area contributed by atoms with Crippen molar-refractivity contribution in [2.24, 2.45) is 28.6 Å². The van der Waals surface area contributed by atoms with E-state index >= 15 is 0 Å². The van der Waals surface area contributed by atoms with Gasteiger partial charge in [-0.1, -0.05) is 26.0 Å². The number of aliphatic hydroxyl groups is 5. The van der Waals surface area contributed by atoms with Gasteiger partial charge in [-0.2, -0.15) is 0 Å². The lowest BCUT2D eigenvalue weighted by Gasteiger charge is -2.46. The Bertz CT molecular complexity index is 613. The predicted molar refractivity (Wildman–Crippen MR) is 92.5 cm³/mol. The number of hydrogen-bond acceptors (Lipinski definition) is 5. The molecule has 0 aliphatic heterocycles. The first-order valence-corrected chi connectivity index (χ1v) is 9.57. The van der Waals surface area contributed by atoms with E-state index in [0.717, 1.165) is 12.0 Å². The third-order valence-electron chi connectivity index (χ3n) is 8.75. The minimum absolute atomic E-state index is 0.0532. The van der Waals surface area contributed by atoms with Gasteiger partial charge in [0.2, 0.25) is 0 Å². The second kappa shape index (κ2) is 4.87. The van der Waals surface area contributed by atoms with Crippen LogP contribution in [-0.2, 0) is 0 Å². The molecule has 0 amide bonds. The van der Waals surface area contributed by atoms with Crippen LogP contribution in [0, 0.1) is 28.6 Å². The average Bonchev–Trinajstić information content (AvgIpc) is 2.71. The zero-order valence-electron chi connectivity index (χ0n) is 15.4. The van der Waals surface area contributed by atoms with E-state index in [-0.39, 0.29) is 18.3 Å². The molecule has 2 bridgehead atoms. The summed E-state index contributed by atoms with van der Waals surface area (Å²) in [5.74, 6) is -0.649. The van der Waals surface area contributed by atoms with Gasteiger partial charge in [-0.3, -0.25) is 0 Å². The minimum atomic E-state index is -1.47. The van der Waals surface area contributed by atoms with Gasteiger partial charge < -0.3 is 25.5 Å². The maximum absolute atomic E-state index is 11.6. The van der Waals surface area contributed by atoms with Crippen molar-refractivity contribution < 1.29 is 25.5 Å². The summed E-state index contributed by atoms with van der Waals surface area (Å²) in [6, 6.07) is 0. The summed E-state index contributed by atoms with van der Waals surface area (Å²) in [5, 5.41) is 55.2. The van der Waals surface area contributed by atoms with Crippen LogP contribution in [0.3, 0.4) is 0 Å². The molecule has 4 aliphatic rings. The van der Waals surface area contributed by atoms with Crippen molar-refractivity contribution in [2.45, 2.75) is 82.4 Å². The first-order chi connectivity index (χ1) is 11.4. The van der Waals surface area contributed by atoms with Gasteiger partial charge in [-0.25, -0.2) is 0 Å². The maximum atomic E-state index is 11.6. The third kappa shape index (κ3) is 1.86. The fourth-order valence-electron chi connectivity index (χ4n) is 7.23. The highest BCUT2D eigenvalue weighted by atomic mass is 16.4. The Labute approximate surface area is 149 Å². The van der Waals surface area contributed by atoms with Crippen LogP contribution in [0.5, 0.6) is 0 Å². The van der Waals surface area contributed by atoms with Crippen molar-refractivity contribution in [2.75, 3.05) is 0 Å². The van der Waals surface area contributed by atoms with E-state index in [0.29, 0.717) is 19.3 Å². The van der Waals surface area contributed by atoms with E-state index in [4.69, 9.17) is 0 Å². The predicted octanol–water partition coefficient (Wildman–Crippen LogP) is 0.974. The monoisotopic (exact) mass is 352 g/mol. The number of rotatable bonds is 0. The molecule has 1 spiro atoms. The quantitative estimate of drug-likeness (QED) is 0.418. The van der Waals surface area contributed by atoms with E-state index in [9.17, 15) is 25.5 Å². The summed E-state index contributed by atoms with van der Waals surface area (Å²) < 4.78 is 0. The van der Waals surface area contributed by atoms with Crippen LogP contribution in [0.15, 0.2) is 12.2 Å². The Morgan fingerprint density at radius 1 is 0.960 bits per heavy atom. The second-order valence-corrected chi connectivity index (χ2v) is 10.1. The molecule has 0 aromatic heterocycles. The molecule has 5 heteroatoms. The first kappa shape index (κ1) is 17.9. The smallest absolute Gasteiger partial charge is 0.105 e. The number of fused-ring (bicyclic) bond motifs is 2. The normalized spacial score (nSPS) is 60.1. The van der Waals surface area contributed by atoms with E-state index in [1.54, 1.807) is 20.8 Å². The van der Waals surface area contributed by atoms with Gasteiger partial charge in [0, 0.05) is 22.7 Å². The van der Waals surface area contributed by atoms with Crippen LogP contribution in [0.1, 0.15) is 52.9 Å². The minimum Gasteiger partial charge on any atom is -0.392 e. The molecule has 4 saturated carbocycles. The summed E-state index contributed by atoms with van der Waals surface area (Å²) in [6.07, 6.45) is 0.0421. The van der Waals surface area contributed by atoms with Crippen molar-refractivity contribution in [3.8, 4) is 0 Å². The summed E-state index contributed by atoms with van der Waals surface area (Å²) in [6.45, 7) is 9.67. The van der Waals surface area contributed by atoms with Gasteiger partial charge in [0.1, 0.15) is 5.60 Å². The molecular formula is C20H32O5. The van der Waals surface area contributed by atoms with Crippen molar-refractivity contribution in [3.05, 3.63) is 12.2 Å². The lowest BCUT2D eigenvalue weighted by molar-refractivity contribution is -0.174. The SMILES string of the molecule is C=C1[C@@H]2CC[C@H]3C(O)[C@@]2(C[C@@H](O)[C@@]2(O)[C@H]1C[C@H](O)C2(C)C)C[C@@]3(C)O. The highest BCUT2D eigenvalue weighted by Crippen LogP contribution is 2.68. The van der Waals surface area contributed by atoms with Gasteiger partial charge in [-0.15, -0.1) is 0 Å². The molecule has 4 aliphatic carbocycles. The zero-order chi connectivity index (χ0) is 18.6. The first-order valence-electron chi connectivity index (χ1n) is 9.57. The molecular weight excluding hydrogens is 320 g/mol. The molecule has 5 N–H and O–H groups in total. The maximum Gasteiger partial charge on any atom is 0.105 e. The van der Waals surface area contributed by atoms with E-state index in [2.05, 4.69) is 6.58 Å². The Balaban J connectivity index is 1.85. The fraction of sp³-hybridized carbons (Fsp3) is 0.900. The molecule has 0 heterocycles. The van der Waals surface area contributed by atoms with E-state index < -0.39 is 46.3 Å². The molecule has 5 nitrogen and oxygen atoms in total. The van der Waals surface area contributed by atoms with E-state index in [1.165, 1.54) is 0 Å². The van der Waals surface area contributed by atoms with Gasteiger partial charge >= 0.3 is 0 Å². The standard InChI is InChI=1S/C20H32O5/c1-10-11-5-6-12-16(23)19(11,9-18(12,4)24)8-15(22)20(25)13(10)7-14(21)17(20,2)3/h11-16,21-25H,1,5-9H2,2-4H3/t11-,12-,13-,14-,15+,16?,18+,19-,20-/m0/s1. The lowest BCUT2D eigenvalue weighted by Crippen LogP contribution is -2.57. The molecule has 0 aromatic carbocycles. The van der Waals surface area contributed by atoms with Crippen molar-refractivity contribution >= 4 is 0 Å². The lowest BCUT2D eigenvalue weighted by atomic mass is 9.61. The van der Waals surface area contributed by atoms with Crippen LogP contribution in [-0.4, -0.2) is 55.0 Å². The van der Waals surface area contributed by atoms with Crippen molar-refractivity contribution in [3.63, 3.8) is 0 Å².